The highest BCUT2D eigenvalue weighted by molar-refractivity contribution is 5.78. The fourth-order valence-electron chi connectivity index (χ4n) is 2.64. The number of carbonyl (C=O) groups excluding carboxylic acids is 2. The van der Waals surface area contributed by atoms with E-state index >= 15 is 0 Å². The van der Waals surface area contributed by atoms with Crippen LogP contribution in [0.4, 0.5) is 0 Å². The van der Waals surface area contributed by atoms with Gasteiger partial charge in [-0.2, -0.15) is 0 Å². The lowest BCUT2D eigenvalue weighted by Gasteiger charge is -2.37. The number of amides is 2. The van der Waals surface area contributed by atoms with Crippen molar-refractivity contribution in [1.29, 1.82) is 0 Å². The largest absolute Gasteiger partial charge is 0.340 e. The van der Waals surface area contributed by atoms with Crippen molar-refractivity contribution in [3.05, 3.63) is 0 Å². The predicted octanol–water partition coefficient (Wildman–Crippen LogP) is 1.19. The first kappa shape index (κ1) is 17.0. The average molecular weight is 283 g/mol. The van der Waals surface area contributed by atoms with Crippen LogP contribution in [0, 0.1) is 0 Å². The van der Waals surface area contributed by atoms with E-state index in [9.17, 15) is 9.59 Å². The topological polar surface area (TPSA) is 43.9 Å². The maximum atomic E-state index is 12.2. The van der Waals surface area contributed by atoms with Gasteiger partial charge in [-0.1, -0.05) is 6.92 Å². The summed E-state index contributed by atoms with van der Waals surface area (Å²) in [6, 6.07) is 0. The van der Waals surface area contributed by atoms with Crippen molar-refractivity contribution in [3.63, 3.8) is 0 Å². The van der Waals surface area contributed by atoms with Crippen LogP contribution < -0.4 is 0 Å². The lowest BCUT2D eigenvalue weighted by atomic mass is 10.1. The minimum absolute atomic E-state index is 0.0288. The van der Waals surface area contributed by atoms with Gasteiger partial charge in [-0.3, -0.25) is 9.59 Å². The molecule has 20 heavy (non-hydrogen) atoms. The van der Waals surface area contributed by atoms with E-state index in [4.69, 9.17) is 0 Å². The SMILES string of the molecule is CCN1CCN(C(=O)CCN(C(C)=O)C(C)(C)C)CC1. The highest BCUT2D eigenvalue weighted by Gasteiger charge is 2.26. The normalized spacial score (nSPS) is 17.1. The zero-order valence-corrected chi connectivity index (χ0v) is 13.6. The minimum atomic E-state index is -0.229. The molecule has 116 valence electrons. The van der Waals surface area contributed by atoms with Crippen LogP contribution in [0.5, 0.6) is 0 Å². The molecule has 5 nitrogen and oxygen atoms in total. The van der Waals surface area contributed by atoms with Crippen molar-refractivity contribution in [3.8, 4) is 0 Å². The molecule has 0 N–H and O–H groups in total. The molecule has 1 fully saturated rings. The number of likely N-dealkylation sites (N-methyl/N-ethyl adjacent to an activating group) is 1. The summed E-state index contributed by atoms with van der Waals surface area (Å²) in [5, 5.41) is 0. The van der Waals surface area contributed by atoms with Gasteiger partial charge in [-0.25, -0.2) is 0 Å². The molecule has 0 bridgehead atoms. The van der Waals surface area contributed by atoms with Crippen LogP contribution in [0.2, 0.25) is 0 Å². The number of carbonyl (C=O) groups is 2. The minimum Gasteiger partial charge on any atom is -0.340 e. The van der Waals surface area contributed by atoms with Crippen LogP contribution in [-0.4, -0.2) is 71.3 Å². The van der Waals surface area contributed by atoms with E-state index in [1.165, 1.54) is 0 Å². The number of hydrogen-bond donors (Lipinski definition) is 0. The maximum absolute atomic E-state index is 12.2. The summed E-state index contributed by atoms with van der Waals surface area (Å²) < 4.78 is 0. The molecular formula is C15H29N3O2. The van der Waals surface area contributed by atoms with Crippen molar-refractivity contribution < 1.29 is 9.59 Å². The van der Waals surface area contributed by atoms with Crippen molar-refractivity contribution in [1.82, 2.24) is 14.7 Å². The van der Waals surface area contributed by atoms with E-state index in [0.717, 1.165) is 32.7 Å². The highest BCUT2D eigenvalue weighted by atomic mass is 16.2. The van der Waals surface area contributed by atoms with E-state index in [-0.39, 0.29) is 17.4 Å². The number of nitrogens with zero attached hydrogens (tertiary/aromatic N) is 3. The van der Waals surface area contributed by atoms with Crippen molar-refractivity contribution in [2.75, 3.05) is 39.3 Å². The zero-order valence-electron chi connectivity index (χ0n) is 13.6. The molecule has 0 aromatic heterocycles. The zero-order chi connectivity index (χ0) is 15.3. The molecule has 1 rings (SSSR count). The van der Waals surface area contributed by atoms with Gasteiger partial charge in [0.15, 0.2) is 0 Å². The van der Waals surface area contributed by atoms with E-state index < -0.39 is 0 Å². The molecule has 1 saturated heterocycles. The maximum Gasteiger partial charge on any atom is 0.224 e. The van der Waals surface area contributed by atoms with Crippen LogP contribution in [0.3, 0.4) is 0 Å². The van der Waals surface area contributed by atoms with Gasteiger partial charge in [0.05, 0.1) is 0 Å². The second-order valence-electron chi connectivity index (χ2n) is 6.41. The average Bonchev–Trinajstić information content (AvgIpc) is 2.36. The lowest BCUT2D eigenvalue weighted by Crippen LogP contribution is -2.50. The molecule has 0 aromatic rings. The van der Waals surface area contributed by atoms with Gasteiger partial charge in [0.2, 0.25) is 11.8 Å². The number of rotatable bonds is 4. The molecule has 2 amide bonds. The molecule has 5 heteroatoms. The number of hydrogen-bond acceptors (Lipinski definition) is 3. The third-order valence-electron chi connectivity index (χ3n) is 3.91. The summed E-state index contributed by atoms with van der Waals surface area (Å²) in [6.07, 6.45) is 0.420. The molecule has 0 atom stereocenters. The van der Waals surface area contributed by atoms with E-state index in [2.05, 4.69) is 11.8 Å². The smallest absolute Gasteiger partial charge is 0.224 e. The number of piperazine rings is 1. The second-order valence-corrected chi connectivity index (χ2v) is 6.41. The van der Waals surface area contributed by atoms with Gasteiger partial charge in [-0.05, 0) is 27.3 Å². The fraction of sp³-hybridized carbons (Fsp3) is 0.867. The summed E-state index contributed by atoms with van der Waals surface area (Å²) in [5.74, 6) is 0.192. The van der Waals surface area contributed by atoms with E-state index in [1.807, 2.05) is 25.7 Å². The molecule has 0 aliphatic carbocycles. The molecule has 0 unspecified atom stereocenters. The van der Waals surface area contributed by atoms with Gasteiger partial charge in [0, 0.05) is 51.6 Å². The Hall–Kier alpha value is -1.10. The molecule has 0 spiro atoms. The summed E-state index contributed by atoms with van der Waals surface area (Å²) >= 11 is 0. The Morgan fingerprint density at radius 2 is 1.65 bits per heavy atom. The summed E-state index contributed by atoms with van der Waals surface area (Å²) in [4.78, 5) is 29.9. The van der Waals surface area contributed by atoms with Crippen molar-refractivity contribution in [2.24, 2.45) is 0 Å². The first-order valence-electron chi connectivity index (χ1n) is 7.54. The third-order valence-corrected chi connectivity index (χ3v) is 3.91. The van der Waals surface area contributed by atoms with Crippen molar-refractivity contribution in [2.45, 2.75) is 46.6 Å². The lowest BCUT2D eigenvalue weighted by molar-refractivity contribution is -0.137. The van der Waals surface area contributed by atoms with Crippen LogP contribution in [0.25, 0.3) is 0 Å². The highest BCUT2D eigenvalue weighted by Crippen LogP contribution is 2.14. The Morgan fingerprint density at radius 1 is 1.10 bits per heavy atom. The first-order valence-corrected chi connectivity index (χ1v) is 7.54. The molecule has 1 heterocycles. The quantitative estimate of drug-likeness (QED) is 0.778. The van der Waals surface area contributed by atoms with Gasteiger partial charge in [0.25, 0.3) is 0 Å². The van der Waals surface area contributed by atoms with Crippen LogP contribution >= 0.6 is 0 Å². The molecule has 0 radical (unpaired) electrons. The van der Waals surface area contributed by atoms with E-state index in [0.29, 0.717) is 13.0 Å². The Bertz CT molecular complexity index is 342. The molecule has 0 aromatic carbocycles. The second kappa shape index (κ2) is 7.07. The summed E-state index contributed by atoms with van der Waals surface area (Å²) in [5.41, 5.74) is -0.229. The Morgan fingerprint density at radius 3 is 2.05 bits per heavy atom. The van der Waals surface area contributed by atoms with Gasteiger partial charge in [0.1, 0.15) is 0 Å². The molecule has 0 saturated carbocycles. The Kier molecular flexibility index (Phi) is 5.99. The molecule has 1 aliphatic rings. The molecule has 1 aliphatic heterocycles. The van der Waals surface area contributed by atoms with Gasteiger partial charge >= 0.3 is 0 Å². The first-order chi connectivity index (χ1) is 9.25. The fourth-order valence-corrected chi connectivity index (χ4v) is 2.64. The van der Waals surface area contributed by atoms with E-state index in [1.54, 1.807) is 11.8 Å². The van der Waals surface area contributed by atoms with Gasteiger partial charge < -0.3 is 14.7 Å². The standard InChI is InChI=1S/C15H29N3O2/c1-6-16-9-11-17(12-10-16)14(20)7-8-18(13(2)19)15(3,4)5/h6-12H2,1-5H3. The van der Waals surface area contributed by atoms with Gasteiger partial charge in [-0.15, -0.1) is 0 Å². The Balaban J connectivity index is 2.45. The Labute approximate surface area is 122 Å². The summed E-state index contributed by atoms with van der Waals surface area (Å²) in [7, 11) is 0. The van der Waals surface area contributed by atoms with Crippen molar-refractivity contribution >= 4 is 11.8 Å². The predicted molar refractivity (Wildman–Crippen MR) is 80.5 cm³/mol. The van der Waals surface area contributed by atoms with Crippen LogP contribution in [0.1, 0.15) is 41.0 Å². The monoisotopic (exact) mass is 283 g/mol. The summed E-state index contributed by atoms with van der Waals surface area (Å²) in [6.45, 7) is 14.8. The van der Waals surface area contributed by atoms with Crippen LogP contribution in [0.15, 0.2) is 0 Å². The third kappa shape index (κ3) is 4.78. The molecular weight excluding hydrogens is 254 g/mol. The van der Waals surface area contributed by atoms with Crippen LogP contribution in [-0.2, 0) is 9.59 Å².